The SMILES string of the molecule is O=C(NC1CC1)NC1(CO)CCCC1. The molecule has 2 fully saturated rings. The molecule has 4 heteroatoms. The Balaban J connectivity index is 1.83. The third-order valence-electron chi connectivity index (χ3n) is 3.15. The van der Waals surface area contributed by atoms with Gasteiger partial charge in [-0.2, -0.15) is 0 Å². The molecule has 0 aromatic rings. The number of nitrogens with one attached hydrogen (secondary N) is 2. The van der Waals surface area contributed by atoms with E-state index in [1.807, 2.05) is 0 Å². The molecule has 0 aromatic heterocycles. The number of amides is 2. The van der Waals surface area contributed by atoms with Crippen LogP contribution in [0.3, 0.4) is 0 Å². The number of rotatable bonds is 3. The zero-order valence-corrected chi connectivity index (χ0v) is 8.38. The lowest BCUT2D eigenvalue weighted by molar-refractivity contribution is 0.162. The van der Waals surface area contributed by atoms with Gasteiger partial charge in [-0.05, 0) is 25.7 Å². The quantitative estimate of drug-likeness (QED) is 0.626. The molecule has 2 aliphatic carbocycles. The number of hydrogen-bond acceptors (Lipinski definition) is 2. The molecule has 3 N–H and O–H groups in total. The van der Waals surface area contributed by atoms with Crippen LogP contribution in [-0.4, -0.2) is 29.3 Å². The summed E-state index contributed by atoms with van der Waals surface area (Å²) in [5, 5.41) is 15.1. The number of carbonyl (C=O) groups is 1. The summed E-state index contributed by atoms with van der Waals surface area (Å²) in [6.45, 7) is 0.0606. The van der Waals surface area contributed by atoms with Crippen LogP contribution in [0.1, 0.15) is 38.5 Å². The van der Waals surface area contributed by atoms with Crippen molar-refractivity contribution in [2.24, 2.45) is 0 Å². The molecule has 0 aliphatic heterocycles. The van der Waals surface area contributed by atoms with E-state index in [0.717, 1.165) is 38.5 Å². The van der Waals surface area contributed by atoms with Crippen LogP contribution in [0.2, 0.25) is 0 Å². The molecule has 0 heterocycles. The Morgan fingerprint density at radius 1 is 1.36 bits per heavy atom. The molecule has 2 rings (SSSR count). The zero-order chi connectivity index (χ0) is 10.0. The maximum atomic E-state index is 11.5. The predicted octanol–water partition coefficient (Wildman–Crippen LogP) is 0.753. The molecule has 0 saturated heterocycles. The summed E-state index contributed by atoms with van der Waals surface area (Å²) >= 11 is 0. The van der Waals surface area contributed by atoms with E-state index in [1.54, 1.807) is 0 Å². The van der Waals surface area contributed by atoms with Gasteiger partial charge in [0.1, 0.15) is 0 Å². The van der Waals surface area contributed by atoms with Gasteiger partial charge in [-0.3, -0.25) is 0 Å². The molecule has 0 bridgehead atoms. The van der Waals surface area contributed by atoms with Crippen LogP contribution in [0.4, 0.5) is 4.79 Å². The highest BCUT2D eigenvalue weighted by atomic mass is 16.3. The standard InChI is InChI=1S/C10H18N2O2/c13-7-10(5-1-2-6-10)12-9(14)11-8-3-4-8/h8,13H,1-7H2,(H2,11,12,14). The van der Waals surface area contributed by atoms with Crippen LogP contribution >= 0.6 is 0 Å². The van der Waals surface area contributed by atoms with Gasteiger partial charge in [0.2, 0.25) is 0 Å². The third kappa shape index (κ3) is 2.18. The van der Waals surface area contributed by atoms with Crippen molar-refractivity contribution >= 4 is 6.03 Å². The molecule has 2 amide bonds. The van der Waals surface area contributed by atoms with E-state index in [9.17, 15) is 9.90 Å². The minimum absolute atomic E-state index is 0.0606. The van der Waals surface area contributed by atoms with Gasteiger partial charge >= 0.3 is 6.03 Å². The number of carbonyl (C=O) groups excluding carboxylic acids is 1. The number of aliphatic hydroxyl groups excluding tert-OH is 1. The highest BCUT2D eigenvalue weighted by Gasteiger charge is 2.35. The first-order valence-electron chi connectivity index (χ1n) is 5.44. The monoisotopic (exact) mass is 198 g/mol. The fourth-order valence-corrected chi connectivity index (χ4v) is 2.06. The summed E-state index contributed by atoms with van der Waals surface area (Å²) in [6.07, 6.45) is 6.21. The lowest BCUT2D eigenvalue weighted by Gasteiger charge is -2.27. The smallest absolute Gasteiger partial charge is 0.315 e. The summed E-state index contributed by atoms with van der Waals surface area (Å²) in [5.74, 6) is 0. The summed E-state index contributed by atoms with van der Waals surface area (Å²) in [4.78, 5) is 11.5. The third-order valence-corrected chi connectivity index (χ3v) is 3.15. The highest BCUT2D eigenvalue weighted by molar-refractivity contribution is 5.75. The Labute approximate surface area is 84.1 Å². The highest BCUT2D eigenvalue weighted by Crippen LogP contribution is 2.29. The molecule has 0 atom stereocenters. The Morgan fingerprint density at radius 3 is 2.50 bits per heavy atom. The largest absolute Gasteiger partial charge is 0.394 e. The van der Waals surface area contributed by atoms with Gasteiger partial charge in [-0.1, -0.05) is 12.8 Å². The van der Waals surface area contributed by atoms with Gasteiger partial charge in [0, 0.05) is 6.04 Å². The molecular weight excluding hydrogens is 180 g/mol. The van der Waals surface area contributed by atoms with E-state index >= 15 is 0 Å². The van der Waals surface area contributed by atoms with Gasteiger partial charge in [0.15, 0.2) is 0 Å². The summed E-state index contributed by atoms with van der Waals surface area (Å²) < 4.78 is 0. The molecule has 0 aromatic carbocycles. The van der Waals surface area contributed by atoms with Gasteiger partial charge in [0.25, 0.3) is 0 Å². The van der Waals surface area contributed by atoms with E-state index in [0.29, 0.717) is 6.04 Å². The topological polar surface area (TPSA) is 61.4 Å². The average molecular weight is 198 g/mol. The second-order valence-corrected chi connectivity index (χ2v) is 4.52. The molecule has 2 aliphatic rings. The first-order chi connectivity index (χ1) is 6.74. The lowest BCUT2D eigenvalue weighted by Crippen LogP contribution is -2.53. The fourth-order valence-electron chi connectivity index (χ4n) is 2.06. The molecular formula is C10H18N2O2. The summed E-state index contributed by atoms with van der Waals surface area (Å²) in [6, 6.07) is 0.274. The van der Waals surface area contributed by atoms with Crippen LogP contribution in [0.25, 0.3) is 0 Å². The van der Waals surface area contributed by atoms with Crippen LogP contribution < -0.4 is 10.6 Å². The Kier molecular flexibility index (Phi) is 2.63. The minimum Gasteiger partial charge on any atom is -0.394 e. The van der Waals surface area contributed by atoms with E-state index in [4.69, 9.17) is 0 Å². The maximum absolute atomic E-state index is 11.5. The normalized spacial score (nSPS) is 24.6. The first kappa shape index (κ1) is 9.77. The van der Waals surface area contributed by atoms with Gasteiger partial charge in [-0.25, -0.2) is 4.79 Å². The molecule has 80 valence electrons. The Morgan fingerprint density at radius 2 is 2.00 bits per heavy atom. The van der Waals surface area contributed by atoms with Gasteiger partial charge in [0.05, 0.1) is 12.1 Å². The van der Waals surface area contributed by atoms with Crippen LogP contribution in [0.15, 0.2) is 0 Å². The fraction of sp³-hybridized carbons (Fsp3) is 0.900. The predicted molar refractivity (Wildman–Crippen MR) is 53.0 cm³/mol. The van der Waals surface area contributed by atoms with Crippen molar-refractivity contribution in [1.29, 1.82) is 0 Å². The average Bonchev–Trinajstić information content (AvgIpc) is 2.83. The van der Waals surface area contributed by atoms with Crippen molar-refractivity contribution < 1.29 is 9.90 Å². The maximum Gasteiger partial charge on any atom is 0.315 e. The molecule has 0 radical (unpaired) electrons. The van der Waals surface area contributed by atoms with Crippen molar-refractivity contribution in [2.75, 3.05) is 6.61 Å². The lowest BCUT2D eigenvalue weighted by atomic mass is 9.99. The van der Waals surface area contributed by atoms with Gasteiger partial charge in [-0.15, -0.1) is 0 Å². The Bertz CT molecular complexity index is 220. The van der Waals surface area contributed by atoms with Crippen molar-refractivity contribution in [2.45, 2.75) is 50.1 Å². The van der Waals surface area contributed by atoms with Gasteiger partial charge < -0.3 is 15.7 Å². The zero-order valence-electron chi connectivity index (χ0n) is 8.38. The molecule has 4 nitrogen and oxygen atoms in total. The molecule has 2 saturated carbocycles. The molecule has 0 spiro atoms. The van der Waals surface area contributed by atoms with E-state index in [2.05, 4.69) is 10.6 Å². The van der Waals surface area contributed by atoms with Crippen molar-refractivity contribution in [3.63, 3.8) is 0 Å². The van der Waals surface area contributed by atoms with E-state index in [1.165, 1.54) is 0 Å². The van der Waals surface area contributed by atoms with E-state index in [-0.39, 0.29) is 18.2 Å². The number of hydrogen-bond donors (Lipinski definition) is 3. The summed E-state index contributed by atoms with van der Waals surface area (Å²) in [5.41, 5.74) is -0.334. The Hall–Kier alpha value is -0.770. The molecule has 0 unspecified atom stereocenters. The molecule has 14 heavy (non-hydrogen) atoms. The van der Waals surface area contributed by atoms with Crippen molar-refractivity contribution in [3.8, 4) is 0 Å². The van der Waals surface area contributed by atoms with Crippen molar-refractivity contribution in [3.05, 3.63) is 0 Å². The van der Waals surface area contributed by atoms with Crippen LogP contribution in [0.5, 0.6) is 0 Å². The van der Waals surface area contributed by atoms with E-state index < -0.39 is 0 Å². The minimum atomic E-state index is -0.334. The van der Waals surface area contributed by atoms with Crippen molar-refractivity contribution in [1.82, 2.24) is 10.6 Å². The first-order valence-corrected chi connectivity index (χ1v) is 5.44. The number of aliphatic hydroxyl groups is 1. The second-order valence-electron chi connectivity index (χ2n) is 4.52. The van der Waals surface area contributed by atoms with Crippen LogP contribution in [0, 0.1) is 0 Å². The summed E-state index contributed by atoms with van der Waals surface area (Å²) in [7, 11) is 0. The second kappa shape index (κ2) is 3.77. The number of urea groups is 1. The van der Waals surface area contributed by atoms with Crippen LogP contribution in [-0.2, 0) is 0 Å².